The molecule has 2 fully saturated rings. The number of carbonyl (C=O) groups is 2. The van der Waals surface area contributed by atoms with Crippen LogP contribution in [0.25, 0.3) is 0 Å². The lowest BCUT2D eigenvalue weighted by Crippen LogP contribution is -2.45. The summed E-state index contributed by atoms with van der Waals surface area (Å²) in [5.74, 6) is -1.03. The summed E-state index contributed by atoms with van der Waals surface area (Å²) in [6, 6.07) is 22.5. The maximum Gasteiger partial charge on any atom is 0.414 e. The normalized spacial score (nSPS) is 24.2. The molecule has 13 heteroatoms. The maximum atomic E-state index is 16.3. The van der Waals surface area contributed by atoms with Gasteiger partial charge in [-0.15, -0.1) is 5.10 Å². The molecule has 2 saturated heterocycles. The molecule has 7 rings (SSSR count). The quantitative estimate of drug-likeness (QED) is 0.150. The van der Waals surface area contributed by atoms with Crippen LogP contribution in [0.4, 0.5) is 20.3 Å². The Morgan fingerprint density at radius 2 is 1.86 bits per heavy atom. The summed E-state index contributed by atoms with van der Waals surface area (Å²) in [5, 5.41) is 19.3. The second kappa shape index (κ2) is 13.0. The van der Waals surface area contributed by atoms with Crippen LogP contribution in [0.2, 0.25) is 23.7 Å². The molecule has 4 aromatic rings. The van der Waals surface area contributed by atoms with Crippen LogP contribution < -0.4 is 9.80 Å². The van der Waals surface area contributed by atoms with Gasteiger partial charge in [-0.25, -0.2) is 4.79 Å². The molecular weight excluding hydrogens is 665 g/mol. The first kappa shape index (κ1) is 33.4. The van der Waals surface area contributed by atoms with E-state index < -0.39 is 31.6 Å². The number of cyclic esters (lactones) is 1. The fraction of sp³-hybridized carbons (Fsp3) is 0.389. The monoisotopic (exact) mass is 703 g/mol. The molecule has 1 aromatic heterocycles. The van der Waals surface area contributed by atoms with Crippen LogP contribution in [-0.2, 0) is 33.0 Å². The van der Waals surface area contributed by atoms with Gasteiger partial charge in [-0.2, -0.15) is 0 Å². The third-order valence-electron chi connectivity index (χ3n) is 10.2. The number of hydrogen-bond donors (Lipinski definition) is 1. The van der Waals surface area contributed by atoms with Gasteiger partial charge in [0.15, 0.2) is 5.60 Å². The van der Waals surface area contributed by atoms with E-state index in [-0.39, 0.29) is 31.1 Å². The number of aryl methyl sites for hydroxylation is 1. The summed E-state index contributed by atoms with van der Waals surface area (Å²) in [7, 11) is -3.38. The highest BCUT2D eigenvalue weighted by Gasteiger charge is 2.66. The molecule has 3 aliphatic heterocycles. The Hall–Kier alpha value is -4.10. The lowest BCUT2D eigenvalue weighted by molar-refractivity contribution is -0.146. The summed E-state index contributed by atoms with van der Waals surface area (Å²) in [6.45, 7) is 6.65. The van der Waals surface area contributed by atoms with Crippen LogP contribution in [0.1, 0.15) is 41.6 Å². The number of rotatable bonds is 10. The van der Waals surface area contributed by atoms with Crippen LogP contribution >= 0.6 is 11.6 Å². The molecule has 0 aliphatic carbocycles. The van der Waals surface area contributed by atoms with E-state index in [9.17, 15) is 14.7 Å². The van der Waals surface area contributed by atoms with Crippen molar-refractivity contribution < 1.29 is 28.3 Å². The van der Waals surface area contributed by atoms with Gasteiger partial charge in [-0.1, -0.05) is 66.2 Å². The molecule has 0 saturated carbocycles. The third-order valence-corrected chi connectivity index (χ3v) is 12.9. The molecule has 1 N–H and O–H groups in total. The molecule has 3 aromatic carbocycles. The zero-order valence-electron chi connectivity index (χ0n) is 27.6. The lowest BCUT2D eigenvalue weighted by Gasteiger charge is -2.31. The summed E-state index contributed by atoms with van der Waals surface area (Å²) < 4.78 is 30.0. The number of anilines is 2. The minimum Gasteiger partial charge on any atom is -0.447 e. The van der Waals surface area contributed by atoms with Gasteiger partial charge in [0.1, 0.15) is 6.61 Å². The van der Waals surface area contributed by atoms with Crippen LogP contribution in [0, 0.1) is 5.92 Å². The fourth-order valence-electron chi connectivity index (χ4n) is 7.94. The van der Waals surface area contributed by atoms with Crippen molar-refractivity contribution in [2.24, 2.45) is 5.92 Å². The van der Waals surface area contributed by atoms with Gasteiger partial charge in [-0.05, 0) is 61.0 Å². The third kappa shape index (κ3) is 5.94. The molecule has 2 amide bonds. The molecule has 5 atom stereocenters. The van der Waals surface area contributed by atoms with Crippen molar-refractivity contribution >= 4 is 43.4 Å². The fourth-order valence-corrected chi connectivity index (χ4v) is 10.6. The van der Waals surface area contributed by atoms with Crippen molar-refractivity contribution in [3.63, 3.8) is 0 Å². The van der Waals surface area contributed by atoms with Crippen molar-refractivity contribution in [2.45, 2.75) is 62.7 Å². The number of benzene rings is 3. The van der Waals surface area contributed by atoms with Crippen molar-refractivity contribution in [1.82, 2.24) is 15.0 Å². The zero-order chi connectivity index (χ0) is 34.5. The molecule has 1 unspecified atom stereocenters. The van der Waals surface area contributed by atoms with Crippen molar-refractivity contribution in [1.29, 1.82) is 0 Å². The zero-order valence-corrected chi connectivity index (χ0v) is 29.4. The number of hydrogen-bond acceptors (Lipinski definition) is 7. The minimum absolute atomic E-state index is 0.115. The molecule has 10 nitrogen and oxygen atoms in total. The predicted molar refractivity (Wildman–Crippen MR) is 186 cm³/mol. The van der Waals surface area contributed by atoms with Crippen LogP contribution in [-0.4, -0.2) is 66.4 Å². The number of halogens is 2. The van der Waals surface area contributed by atoms with E-state index in [4.69, 9.17) is 21.1 Å². The molecule has 256 valence electrons. The second-order valence-corrected chi connectivity index (χ2v) is 17.8. The molecule has 49 heavy (non-hydrogen) atoms. The van der Waals surface area contributed by atoms with Crippen LogP contribution in [0.5, 0.6) is 0 Å². The van der Waals surface area contributed by atoms with E-state index in [1.54, 1.807) is 39.7 Å². The lowest BCUT2D eigenvalue weighted by atomic mass is 9.82. The van der Waals surface area contributed by atoms with E-state index in [1.807, 2.05) is 73.8 Å². The number of amides is 2. The molecule has 0 radical (unpaired) electrons. The van der Waals surface area contributed by atoms with Crippen LogP contribution in [0.15, 0.2) is 79.0 Å². The number of aliphatic hydroxyl groups excluding tert-OH is 1. The average molecular weight is 704 g/mol. The average Bonchev–Trinajstić information content (AvgIpc) is 3.84. The molecule has 1 spiro atoms. The van der Waals surface area contributed by atoms with Gasteiger partial charge in [0.2, 0.25) is 8.41 Å². The first-order valence-corrected chi connectivity index (χ1v) is 19.9. The van der Waals surface area contributed by atoms with Crippen molar-refractivity contribution in [3.05, 3.63) is 106 Å². The standard InChI is InChI=1S/C36H39ClFN5O5Si/c1-23-33(49(2,3)38)32(15-16-41-21-30(39-40-41)28(22-44)25-7-5-4-6-8-25)48-36(23)29-19-26(37)11-14-31(29)43(34(36)45)20-24-9-12-27(13-10-24)42-17-18-47-35(42)46/h4-14,19,21,23,28,32-33,44H,15-18,20,22H2,1-3H3/t23-,28?,32+,33-,36+/m1/s1. The first-order valence-electron chi connectivity index (χ1n) is 16.6. The second-order valence-electron chi connectivity index (χ2n) is 13.6. The van der Waals surface area contributed by atoms with E-state index in [0.717, 1.165) is 16.8 Å². The summed E-state index contributed by atoms with van der Waals surface area (Å²) in [4.78, 5) is 30.0. The van der Waals surface area contributed by atoms with Crippen molar-refractivity contribution in [3.8, 4) is 0 Å². The van der Waals surface area contributed by atoms with E-state index in [1.165, 1.54) is 0 Å². The Morgan fingerprint density at radius 1 is 1.10 bits per heavy atom. The number of nitrogens with zero attached hydrogens (tertiary/aromatic N) is 5. The molecule has 3 aliphatic rings. The topological polar surface area (TPSA) is 110 Å². The Labute approximate surface area is 290 Å². The van der Waals surface area contributed by atoms with E-state index >= 15 is 4.11 Å². The van der Waals surface area contributed by atoms with Crippen molar-refractivity contribution in [2.75, 3.05) is 29.6 Å². The molecule has 4 heterocycles. The van der Waals surface area contributed by atoms with Gasteiger partial charge in [-0.3, -0.25) is 14.4 Å². The van der Waals surface area contributed by atoms with Gasteiger partial charge in [0.25, 0.3) is 5.91 Å². The Bertz CT molecular complexity index is 1850. The smallest absolute Gasteiger partial charge is 0.414 e. The van der Waals surface area contributed by atoms with Gasteiger partial charge in [0.05, 0.1) is 43.1 Å². The van der Waals surface area contributed by atoms with E-state index in [2.05, 4.69) is 10.3 Å². The number of carbonyl (C=O) groups excluding carboxylic acids is 2. The number of fused-ring (bicyclic) bond motifs is 2. The number of ether oxygens (including phenoxy) is 2. The first-order chi connectivity index (χ1) is 23.5. The SMILES string of the molecule is C[C@@H]1[C@@H]([Si](C)(C)F)[C@H](CCn2cc(C(CO)c3ccccc3)nn2)O[C@@]12C(=O)N(Cc1ccc(N3CCOC3=O)cc1)c1ccc(Cl)cc12. The Balaban J connectivity index is 1.15. The van der Waals surface area contributed by atoms with Crippen LogP contribution in [0.3, 0.4) is 0 Å². The Morgan fingerprint density at radius 3 is 2.53 bits per heavy atom. The summed E-state index contributed by atoms with van der Waals surface area (Å²) >= 11 is 6.54. The largest absolute Gasteiger partial charge is 0.447 e. The summed E-state index contributed by atoms with van der Waals surface area (Å²) in [6.07, 6.45) is 1.28. The maximum absolute atomic E-state index is 16.3. The number of aromatic nitrogens is 3. The van der Waals surface area contributed by atoms with Gasteiger partial charge < -0.3 is 23.6 Å². The molecular formula is C36H39ClFN5O5Si. The predicted octanol–water partition coefficient (Wildman–Crippen LogP) is 6.42. The minimum atomic E-state index is -3.38. The highest BCUT2D eigenvalue weighted by molar-refractivity contribution is 6.72. The highest BCUT2D eigenvalue weighted by Crippen LogP contribution is 2.60. The van der Waals surface area contributed by atoms with Gasteiger partial charge in [0, 0.05) is 40.5 Å². The summed E-state index contributed by atoms with van der Waals surface area (Å²) in [5.41, 5.74) is 2.60. The Kier molecular flexibility index (Phi) is 8.84. The number of aliphatic hydroxyl groups is 1. The molecule has 0 bridgehead atoms. The van der Waals surface area contributed by atoms with Gasteiger partial charge >= 0.3 is 6.09 Å². The van der Waals surface area contributed by atoms with E-state index in [0.29, 0.717) is 48.1 Å². The highest BCUT2D eigenvalue weighted by atomic mass is 35.5.